The van der Waals surface area contributed by atoms with Crippen LogP contribution in [-0.4, -0.2) is 19.9 Å². The Morgan fingerprint density at radius 3 is 2.43 bits per heavy atom. The first-order valence-corrected chi connectivity index (χ1v) is 8.63. The fourth-order valence-electron chi connectivity index (χ4n) is 2.09. The van der Waals surface area contributed by atoms with Gasteiger partial charge in [-0.15, -0.1) is 0 Å². The summed E-state index contributed by atoms with van der Waals surface area (Å²) in [7, 11) is -3.58. The van der Waals surface area contributed by atoms with Crippen molar-refractivity contribution in [2.75, 3.05) is 6.54 Å². The second-order valence-corrected chi connectivity index (χ2v) is 7.41. The average molecular weight is 347 g/mol. The van der Waals surface area contributed by atoms with E-state index in [0.29, 0.717) is 18.0 Å². The fraction of sp³-hybridized carbons (Fsp3) is 0.286. The highest BCUT2D eigenvalue weighted by Crippen LogP contribution is 2.24. The number of hydrogen-bond acceptors (Lipinski definition) is 2. The summed E-state index contributed by atoms with van der Waals surface area (Å²) in [4.78, 5) is 3.30. The van der Waals surface area contributed by atoms with Gasteiger partial charge in [-0.25, -0.2) is 13.1 Å². The molecule has 4 nitrogen and oxygen atoms in total. The van der Waals surface area contributed by atoms with E-state index in [1.807, 2.05) is 19.9 Å². The van der Waals surface area contributed by atoms with E-state index in [1.165, 1.54) is 18.2 Å². The van der Waals surface area contributed by atoms with Gasteiger partial charge in [0.25, 0.3) is 0 Å². The molecule has 1 heterocycles. The van der Waals surface area contributed by atoms with Crippen molar-refractivity contribution in [2.45, 2.75) is 25.2 Å². The van der Waals surface area contributed by atoms with Crippen molar-refractivity contribution in [3.8, 4) is 0 Å². The Bertz CT molecular complexity index is 754. The van der Waals surface area contributed by atoms with Crippen molar-refractivity contribution < 1.29 is 8.42 Å². The van der Waals surface area contributed by atoms with Crippen molar-refractivity contribution >= 4 is 33.2 Å². The third-order valence-electron chi connectivity index (χ3n) is 3.14. The molecule has 0 atom stereocenters. The van der Waals surface area contributed by atoms with Gasteiger partial charge in [-0.2, -0.15) is 0 Å². The van der Waals surface area contributed by atoms with Gasteiger partial charge in [0.15, 0.2) is 0 Å². The summed E-state index contributed by atoms with van der Waals surface area (Å²) in [5.41, 5.74) is 3.22. The quantitative estimate of drug-likeness (QED) is 0.870. The van der Waals surface area contributed by atoms with Gasteiger partial charge in [0, 0.05) is 17.9 Å². The van der Waals surface area contributed by atoms with Crippen LogP contribution in [0, 0.1) is 13.8 Å². The first-order valence-electron chi connectivity index (χ1n) is 6.39. The Labute approximate surface area is 134 Å². The van der Waals surface area contributed by atoms with Gasteiger partial charge in [0.1, 0.15) is 0 Å². The molecule has 2 aromatic rings. The number of halogens is 2. The molecule has 21 heavy (non-hydrogen) atoms. The molecule has 7 heteroatoms. The van der Waals surface area contributed by atoms with Crippen LogP contribution in [0.5, 0.6) is 0 Å². The lowest BCUT2D eigenvalue weighted by Crippen LogP contribution is -2.26. The van der Waals surface area contributed by atoms with Crippen LogP contribution in [0.4, 0.5) is 0 Å². The Hall–Kier alpha value is -1.01. The lowest BCUT2D eigenvalue weighted by atomic mass is 10.2. The highest BCUT2D eigenvalue weighted by Gasteiger charge is 2.15. The molecule has 0 unspecified atom stereocenters. The van der Waals surface area contributed by atoms with Crippen molar-refractivity contribution in [3.63, 3.8) is 0 Å². The molecule has 1 aromatic heterocycles. The first kappa shape index (κ1) is 16.4. The number of sulfonamides is 1. The van der Waals surface area contributed by atoms with Gasteiger partial charge in [0.2, 0.25) is 10.0 Å². The van der Waals surface area contributed by atoms with Gasteiger partial charge >= 0.3 is 0 Å². The second kappa shape index (κ2) is 6.40. The molecule has 0 fully saturated rings. The van der Waals surface area contributed by atoms with E-state index in [2.05, 4.69) is 9.71 Å². The highest BCUT2D eigenvalue weighted by atomic mass is 35.5. The Morgan fingerprint density at radius 1 is 1.14 bits per heavy atom. The Kier molecular flexibility index (Phi) is 4.99. The highest BCUT2D eigenvalue weighted by molar-refractivity contribution is 7.89. The molecule has 0 aliphatic rings. The number of rotatable bonds is 5. The molecular formula is C14H16Cl2N2O2S. The largest absolute Gasteiger partial charge is 0.362 e. The van der Waals surface area contributed by atoms with Crippen LogP contribution in [0.2, 0.25) is 10.0 Å². The summed E-state index contributed by atoms with van der Waals surface area (Å²) in [6, 6.07) is 6.26. The Morgan fingerprint density at radius 2 is 1.86 bits per heavy atom. The predicted octanol–water partition coefficient (Wildman–Crippen LogP) is 3.46. The van der Waals surface area contributed by atoms with Crippen LogP contribution in [0.1, 0.15) is 17.0 Å². The number of benzene rings is 1. The third kappa shape index (κ3) is 4.01. The molecule has 0 amide bonds. The zero-order valence-corrected chi connectivity index (χ0v) is 14.0. The molecule has 0 saturated heterocycles. The van der Waals surface area contributed by atoms with Crippen molar-refractivity contribution in [1.29, 1.82) is 0 Å². The van der Waals surface area contributed by atoms with Crippen molar-refractivity contribution in [1.82, 2.24) is 9.71 Å². The van der Waals surface area contributed by atoms with E-state index in [0.717, 1.165) is 17.0 Å². The smallest absolute Gasteiger partial charge is 0.240 e. The van der Waals surface area contributed by atoms with Crippen LogP contribution >= 0.6 is 23.2 Å². The van der Waals surface area contributed by atoms with Crippen molar-refractivity contribution in [3.05, 3.63) is 51.3 Å². The molecular weight excluding hydrogens is 331 g/mol. The predicted molar refractivity (Wildman–Crippen MR) is 85.6 cm³/mol. The molecule has 0 aliphatic heterocycles. The summed E-state index contributed by atoms with van der Waals surface area (Å²) >= 11 is 11.6. The summed E-state index contributed by atoms with van der Waals surface area (Å²) in [6.45, 7) is 4.26. The van der Waals surface area contributed by atoms with E-state index >= 15 is 0 Å². The lowest BCUT2D eigenvalue weighted by Gasteiger charge is -2.07. The molecule has 0 radical (unpaired) electrons. The van der Waals surface area contributed by atoms with Crippen LogP contribution in [0.15, 0.2) is 29.2 Å². The molecule has 0 spiro atoms. The number of aromatic nitrogens is 1. The van der Waals surface area contributed by atoms with E-state index in [1.54, 1.807) is 0 Å². The molecule has 0 bridgehead atoms. The molecule has 2 N–H and O–H groups in total. The van der Waals surface area contributed by atoms with E-state index in [4.69, 9.17) is 23.2 Å². The minimum absolute atomic E-state index is 0.110. The van der Waals surface area contributed by atoms with Crippen molar-refractivity contribution in [2.24, 2.45) is 0 Å². The maximum Gasteiger partial charge on any atom is 0.240 e. The molecule has 2 rings (SSSR count). The zero-order valence-electron chi connectivity index (χ0n) is 11.7. The van der Waals surface area contributed by atoms with E-state index < -0.39 is 10.0 Å². The van der Waals surface area contributed by atoms with Crippen LogP contribution in [0.3, 0.4) is 0 Å². The minimum atomic E-state index is -3.58. The number of aryl methyl sites for hydroxylation is 2. The summed E-state index contributed by atoms with van der Waals surface area (Å²) in [5.74, 6) is 0. The monoisotopic (exact) mass is 346 g/mol. The topological polar surface area (TPSA) is 62.0 Å². The first-order chi connectivity index (χ1) is 9.79. The summed E-state index contributed by atoms with van der Waals surface area (Å²) in [6.07, 6.45) is 0.622. The maximum absolute atomic E-state index is 12.2. The molecule has 114 valence electrons. The molecule has 0 saturated carbocycles. The normalized spacial score (nSPS) is 11.8. The van der Waals surface area contributed by atoms with Crippen LogP contribution in [0.25, 0.3) is 0 Å². The average Bonchev–Trinajstić information content (AvgIpc) is 2.71. The van der Waals surface area contributed by atoms with Gasteiger partial charge in [-0.1, -0.05) is 23.2 Å². The minimum Gasteiger partial charge on any atom is -0.362 e. The number of aromatic amines is 1. The van der Waals surface area contributed by atoms with Gasteiger partial charge in [0.05, 0.1) is 14.9 Å². The number of H-pyrrole nitrogens is 1. The molecule has 0 aliphatic carbocycles. The number of nitrogens with one attached hydrogen (secondary N) is 2. The van der Waals surface area contributed by atoms with E-state index in [9.17, 15) is 8.42 Å². The van der Waals surface area contributed by atoms with Gasteiger partial charge in [-0.3, -0.25) is 0 Å². The van der Waals surface area contributed by atoms with E-state index in [-0.39, 0.29) is 9.92 Å². The van der Waals surface area contributed by atoms with Crippen LogP contribution < -0.4 is 4.72 Å². The summed E-state index contributed by atoms with van der Waals surface area (Å²) < 4.78 is 26.9. The molecule has 1 aromatic carbocycles. The second-order valence-electron chi connectivity index (χ2n) is 4.83. The SMILES string of the molecule is Cc1cc(CCNS(=O)(=O)c2ccc(Cl)c(Cl)c2)c(C)[nH]1. The lowest BCUT2D eigenvalue weighted by molar-refractivity contribution is 0.581. The van der Waals surface area contributed by atoms with Gasteiger partial charge < -0.3 is 4.98 Å². The maximum atomic E-state index is 12.2. The zero-order chi connectivity index (χ0) is 15.6. The fourth-order valence-corrected chi connectivity index (χ4v) is 3.51. The third-order valence-corrected chi connectivity index (χ3v) is 5.34. The Balaban J connectivity index is 2.04. The summed E-state index contributed by atoms with van der Waals surface area (Å²) in [5, 5.41) is 0.547. The standard InChI is InChI=1S/C14H16Cl2N2O2S/c1-9-7-11(10(2)18-9)5-6-17-21(19,20)12-3-4-13(15)14(16)8-12/h3-4,7-8,17-18H,5-6H2,1-2H3. The van der Waals surface area contributed by atoms with Gasteiger partial charge in [-0.05, 0) is 50.1 Å². The number of hydrogen-bond donors (Lipinski definition) is 2. The van der Waals surface area contributed by atoms with Crippen LogP contribution in [-0.2, 0) is 16.4 Å².